The van der Waals surface area contributed by atoms with Crippen LogP contribution in [0.15, 0.2) is 22.7 Å². The number of nitrogens with zero attached hydrogens (tertiary/aromatic N) is 1. The predicted octanol–water partition coefficient (Wildman–Crippen LogP) is 3.46. The van der Waals surface area contributed by atoms with Crippen LogP contribution in [-0.4, -0.2) is 24.0 Å². The highest BCUT2D eigenvalue weighted by Gasteiger charge is 2.40. The number of rotatable bonds is 3. The molecule has 0 spiro atoms. The second kappa shape index (κ2) is 5.51. The molecule has 0 radical (unpaired) electrons. The number of nitrogens with two attached hydrogens (primary N) is 1. The van der Waals surface area contributed by atoms with Crippen LogP contribution in [0.3, 0.4) is 0 Å². The Hall–Kier alpha value is -0.450. The smallest absolute Gasteiger partial charge is 0.129 e. The zero-order valence-corrected chi connectivity index (χ0v) is 12.6. The van der Waals surface area contributed by atoms with Gasteiger partial charge in [-0.1, -0.05) is 22.0 Å². The van der Waals surface area contributed by atoms with Crippen molar-refractivity contribution in [3.05, 3.63) is 34.1 Å². The summed E-state index contributed by atoms with van der Waals surface area (Å²) in [4.78, 5) is 2.49. The molecule has 2 fully saturated rings. The minimum atomic E-state index is -0.106. The van der Waals surface area contributed by atoms with E-state index < -0.39 is 0 Å². The zero-order chi connectivity index (χ0) is 13.4. The number of hydrogen-bond acceptors (Lipinski definition) is 2. The van der Waals surface area contributed by atoms with Crippen LogP contribution >= 0.6 is 15.9 Å². The Morgan fingerprint density at radius 1 is 1.32 bits per heavy atom. The van der Waals surface area contributed by atoms with E-state index in [0.717, 1.165) is 23.0 Å². The third-order valence-electron chi connectivity index (χ3n) is 4.39. The minimum Gasteiger partial charge on any atom is -0.330 e. The fourth-order valence-electron chi connectivity index (χ4n) is 3.34. The molecule has 1 aliphatic heterocycles. The molecule has 1 heterocycles. The van der Waals surface area contributed by atoms with Gasteiger partial charge in [-0.15, -0.1) is 0 Å². The number of likely N-dealkylation sites (tertiary alicyclic amines) is 1. The summed E-state index contributed by atoms with van der Waals surface area (Å²) >= 11 is 3.33. The van der Waals surface area contributed by atoms with E-state index in [9.17, 15) is 4.39 Å². The van der Waals surface area contributed by atoms with Crippen LogP contribution in [0.2, 0.25) is 0 Å². The van der Waals surface area contributed by atoms with E-state index in [0.29, 0.717) is 18.5 Å². The monoisotopic (exact) mass is 326 g/mol. The van der Waals surface area contributed by atoms with Crippen LogP contribution in [0.4, 0.5) is 4.39 Å². The summed E-state index contributed by atoms with van der Waals surface area (Å²) in [6.45, 7) is 1.73. The summed E-state index contributed by atoms with van der Waals surface area (Å²) in [7, 11) is 0. The van der Waals surface area contributed by atoms with Gasteiger partial charge in [0.25, 0.3) is 0 Å². The van der Waals surface area contributed by atoms with E-state index >= 15 is 0 Å². The summed E-state index contributed by atoms with van der Waals surface area (Å²) < 4.78 is 15.1. The van der Waals surface area contributed by atoms with Crippen molar-refractivity contribution in [3.63, 3.8) is 0 Å². The average molecular weight is 327 g/mol. The Morgan fingerprint density at radius 3 is 2.74 bits per heavy atom. The van der Waals surface area contributed by atoms with E-state index in [1.165, 1.54) is 19.3 Å². The summed E-state index contributed by atoms with van der Waals surface area (Å²) in [5.74, 6) is 0.274. The van der Waals surface area contributed by atoms with Crippen molar-refractivity contribution >= 4 is 15.9 Å². The van der Waals surface area contributed by atoms with Gasteiger partial charge >= 0.3 is 0 Å². The second-order valence-corrected chi connectivity index (χ2v) is 6.63. The molecule has 0 aromatic heterocycles. The zero-order valence-electron chi connectivity index (χ0n) is 11.0. The molecule has 2 atom stereocenters. The molecule has 4 heteroatoms. The van der Waals surface area contributed by atoms with Gasteiger partial charge in [-0.05, 0) is 56.8 Å². The Labute approximate surface area is 122 Å². The maximum absolute atomic E-state index is 14.3. The lowest BCUT2D eigenvalue weighted by atomic mass is 9.84. The first kappa shape index (κ1) is 13.5. The van der Waals surface area contributed by atoms with Crippen LogP contribution < -0.4 is 5.73 Å². The maximum Gasteiger partial charge on any atom is 0.129 e. The standard InChI is InChI=1S/C15H20BrFN2/c16-11-3-6-13(14(17)8-11)15-10(9-18)2-1-7-19(15)12-4-5-12/h3,6,8,10,12,15H,1-2,4-5,7,9,18H2. The Kier molecular flexibility index (Phi) is 3.92. The van der Waals surface area contributed by atoms with Gasteiger partial charge in [0, 0.05) is 22.1 Å². The SMILES string of the molecule is NCC1CCCN(C2CC2)C1c1ccc(Br)cc1F. The van der Waals surface area contributed by atoms with E-state index in [4.69, 9.17) is 5.73 Å². The van der Waals surface area contributed by atoms with E-state index in [-0.39, 0.29) is 11.9 Å². The molecular weight excluding hydrogens is 307 g/mol. The lowest BCUT2D eigenvalue weighted by Crippen LogP contribution is -2.43. The van der Waals surface area contributed by atoms with Crippen molar-refractivity contribution in [1.82, 2.24) is 4.90 Å². The molecule has 2 N–H and O–H groups in total. The molecule has 1 saturated carbocycles. The van der Waals surface area contributed by atoms with Crippen molar-refractivity contribution in [2.75, 3.05) is 13.1 Å². The highest BCUT2D eigenvalue weighted by molar-refractivity contribution is 9.10. The molecule has 2 aliphatic rings. The first-order valence-electron chi connectivity index (χ1n) is 7.11. The lowest BCUT2D eigenvalue weighted by Gasteiger charge is -2.41. The molecule has 2 unspecified atom stereocenters. The van der Waals surface area contributed by atoms with Gasteiger partial charge in [-0.25, -0.2) is 4.39 Å². The molecule has 0 bridgehead atoms. The van der Waals surface area contributed by atoms with Gasteiger partial charge in [0.2, 0.25) is 0 Å². The van der Waals surface area contributed by atoms with Crippen molar-refractivity contribution in [1.29, 1.82) is 0 Å². The fourth-order valence-corrected chi connectivity index (χ4v) is 3.67. The van der Waals surface area contributed by atoms with E-state index in [1.807, 2.05) is 12.1 Å². The molecule has 1 aromatic rings. The number of halogens is 2. The lowest BCUT2D eigenvalue weighted by molar-refractivity contribution is 0.0853. The van der Waals surface area contributed by atoms with Crippen LogP contribution in [0.25, 0.3) is 0 Å². The highest BCUT2D eigenvalue weighted by atomic mass is 79.9. The highest BCUT2D eigenvalue weighted by Crippen LogP contribution is 2.43. The normalized spacial score (nSPS) is 28.6. The molecule has 1 aromatic carbocycles. The van der Waals surface area contributed by atoms with Crippen LogP contribution in [0.1, 0.15) is 37.3 Å². The summed E-state index contributed by atoms with van der Waals surface area (Å²) in [5.41, 5.74) is 6.76. The first-order valence-corrected chi connectivity index (χ1v) is 7.90. The fraction of sp³-hybridized carbons (Fsp3) is 0.600. The van der Waals surface area contributed by atoms with E-state index in [2.05, 4.69) is 20.8 Å². The Balaban J connectivity index is 1.95. The molecule has 2 nitrogen and oxygen atoms in total. The summed E-state index contributed by atoms with van der Waals surface area (Å²) in [5, 5.41) is 0. The Morgan fingerprint density at radius 2 is 2.11 bits per heavy atom. The Bertz CT molecular complexity index is 461. The molecule has 1 saturated heterocycles. The molecule has 1 aliphatic carbocycles. The third-order valence-corrected chi connectivity index (χ3v) is 4.89. The minimum absolute atomic E-state index is 0.106. The van der Waals surface area contributed by atoms with Crippen LogP contribution in [0.5, 0.6) is 0 Å². The van der Waals surface area contributed by atoms with Crippen LogP contribution in [-0.2, 0) is 0 Å². The third kappa shape index (κ3) is 2.71. The summed E-state index contributed by atoms with van der Waals surface area (Å²) in [6.07, 6.45) is 4.81. The van der Waals surface area contributed by atoms with Gasteiger partial charge in [-0.3, -0.25) is 4.90 Å². The van der Waals surface area contributed by atoms with E-state index in [1.54, 1.807) is 6.07 Å². The van der Waals surface area contributed by atoms with Crippen molar-refractivity contribution in [3.8, 4) is 0 Å². The molecular formula is C15H20BrFN2. The van der Waals surface area contributed by atoms with Gasteiger partial charge in [-0.2, -0.15) is 0 Å². The predicted molar refractivity (Wildman–Crippen MR) is 78.3 cm³/mol. The molecule has 19 heavy (non-hydrogen) atoms. The van der Waals surface area contributed by atoms with Gasteiger partial charge in [0.05, 0.1) is 0 Å². The molecule has 3 rings (SSSR count). The summed E-state index contributed by atoms with van der Waals surface area (Å²) in [6, 6.07) is 6.25. The van der Waals surface area contributed by atoms with Crippen LogP contribution in [0, 0.1) is 11.7 Å². The number of benzene rings is 1. The van der Waals surface area contributed by atoms with Gasteiger partial charge < -0.3 is 5.73 Å². The second-order valence-electron chi connectivity index (χ2n) is 5.72. The van der Waals surface area contributed by atoms with Crippen molar-refractivity contribution in [2.45, 2.75) is 37.8 Å². The largest absolute Gasteiger partial charge is 0.330 e. The van der Waals surface area contributed by atoms with Gasteiger partial charge in [0.1, 0.15) is 5.82 Å². The molecule has 0 amide bonds. The number of hydrogen-bond donors (Lipinski definition) is 1. The quantitative estimate of drug-likeness (QED) is 0.921. The maximum atomic E-state index is 14.3. The van der Waals surface area contributed by atoms with Crippen molar-refractivity contribution in [2.24, 2.45) is 11.7 Å². The number of piperidine rings is 1. The molecule has 104 valence electrons. The van der Waals surface area contributed by atoms with Crippen molar-refractivity contribution < 1.29 is 4.39 Å². The topological polar surface area (TPSA) is 29.3 Å². The first-order chi connectivity index (χ1) is 9.20. The average Bonchev–Trinajstić information content (AvgIpc) is 3.22. The van der Waals surface area contributed by atoms with Gasteiger partial charge in [0.15, 0.2) is 0 Å².